The summed E-state index contributed by atoms with van der Waals surface area (Å²) in [4.78, 5) is 17.2. The molecule has 0 aliphatic heterocycles. The maximum absolute atomic E-state index is 12.4. The highest BCUT2D eigenvalue weighted by Gasteiger charge is 2.20. The molecule has 0 aliphatic carbocycles. The summed E-state index contributed by atoms with van der Waals surface area (Å²) in [5, 5.41) is 2.98. The molecule has 0 bridgehead atoms. The molecule has 0 spiro atoms. The topological polar surface area (TPSA) is 69.3 Å². The number of ether oxygens (including phenoxy) is 1. The van der Waals surface area contributed by atoms with Crippen molar-refractivity contribution >= 4 is 16.9 Å². The number of rotatable bonds is 10. The highest BCUT2D eigenvalue weighted by atomic mass is 16.5. The van der Waals surface area contributed by atoms with Crippen molar-refractivity contribution in [3.8, 4) is 5.75 Å². The Hall–Kier alpha value is -3.80. The first-order valence-electron chi connectivity index (χ1n) is 10.8. The summed E-state index contributed by atoms with van der Waals surface area (Å²) in [5.41, 5.74) is 3.07. The van der Waals surface area contributed by atoms with Gasteiger partial charge in [-0.15, -0.1) is 6.58 Å². The number of para-hydroxylation sites is 3. The third kappa shape index (κ3) is 4.75. The smallest absolute Gasteiger partial charge is 0.287 e. The Morgan fingerprint density at radius 2 is 2.00 bits per heavy atom. The van der Waals surface area contributed by atoms with Crippen LogP contribution in [0.1, 0.15) is 41.3 Å². The summed E-state index contributed by atoms with van der Waals surface area (Å²) in [7, 11) is 0. The predicted octanol–water partition coefficient (Wildman–Crippen LogP) is 5.32. The first-order chi connectivity index (χ1) is 15.7. The molecule has 2 aromatic heterocycles. The summed E-state index contributed by atoms with van der Waals surface area (Å²) < 4.78 is 13.4. The largest absolute Gasteiger partial charge is 0.493 e. The van der Waals surface area contributed by atoms with Crippen LogP contribution in [-0.2, 0) is 13.0 Å². The molecular formula is C26H27N3O3. The number of aromatic nitrogens is 2. The number of carbonyl (C=O) groups excluding carboxylic acids is 1. The molecule has 0 aliphatic rings. The van der Waals surface area contributed by atoms with E-state index < -0.39 is 0 Å². The second-order valence-electron chi connectivity index (χ2n) is 7.59. The fourth-order valence-corrected chi connectivity index (χ4v) is 3.77. The number of imidazole rings is 1. The fraction of sp³-hybridized carbons (Fsp3) is 0.231. The Balaban J connectivity index is 1.47. The Morgan fingerprint density at radius 1 is 1.19 bits per heavy atom. The van der Waals surface area contributed by atoms with Crippen molar-refractivity contribution in [2.24, 2.45) is 0 Å². The van der Waals surface area contributed by atoms with Gasteiger partial charge < -0.3 is 19.0 Å². The van der Waals surface area contributed by atoms with E-state index in [9.17, 15) is 4.79 Å². The Bertz CT molecular complexity index is 1190. The number of nitrogens with zero attached hydrogens (tertiary/aromatic N) is 2. The normalized spacial score (nSPS) is 11.9. The number of fused-ring (bicyclic) bond motifs is 1. The number of benzene rings is 2. The molecule has 0 saturated carbocycles. The van der Waals surface area contributed by atoms with Crippen LogP contribution in [0.4, 0.5) is 0 Å². The second-order valence-corrected chi connectivity index (χ2v) is 7.59. The molecule has 2 heterocycles. The molecule has 0 fully saturated rings. The zero-order valence-corrected chi connectivity index (χ0v) is 18.2. The molecule has 1 atom stereocenters. The van der Waals surface area contributed by atoms with Gasteiger partial charge in [0.05, 0.1) is 29.9 Å². The first-order valence-corrected chi connectivity index (χ1v) is 10.8. The van der Waals surface area contributed by atoms with E-state index in [4.69, 9.17) is 14.1 Å². The molecule has 1 unspecified atom stereocenters. The molecule has 0 saturated heterocycles. The van der Waals surface area contributed by atoms with Crippen LogP contribution in [0.15, 0.2) is 84.0 Å². The van der Waals surface area contributed by atoms with Crippen LogP contribution in [0, 0.1) is 0 Å². The summed E-state index contributed by atoms with van der Waals surface area (Å²) in [6.45, 7) is 7.05. The van der Waals surface area contributed by atoms with Gasteiger partial charge in [-0.25, -0.2) is 4.98 Å². The van der Waals surface area contributed by atoms with Crippen LogP contribution in [0.25, 0.3) is 11.0 Å². The predicted molar refractivity (Wildman–Crippen MR) is 125 cm³/mol. The molecule has 1 amide bonds. The van der Waals surface area contributed by atoms with E-state index in [0.717, 1.165) is 47.6 Å². The van der Waals surface area contributed by atoms with Crippen molar-refractivity contribution in [1.29, 1.82) is 0 Å². The van der Waals surface area contributed by atoms with Crippen LogP contribution in [0.5, 0.6) is 5.75 Å². The summed E-state index contributed by atoms with van der Waals surface area (Å²) in [6.07, 6.45) is 4.94. The highest BCUT2D eigenvalue weighted by molar-refractivity contribution is 5.91. The van der Waals surface area contributed by atoms with E-state index >= 15 is 0 Å². The van der Waals surface area contributed by atoms with Gasteiger partial charge in [0.25, 0.3) is 5.91 Å². The van der Waals surface area contributed by atoms with Gasteiger partial charge in [-0.05, 0) is 55.7 Å². The third-order valence-electron chi connectivity index (χ3n) is 5.28. The van der Waals surface area contributed by atoms with Crippen molar-refractivity contribution in [1.82, 2.24) is 14.9 Å². The molecule has 164 valence electrons. The summed E-state index contributed by atoms with van der Waals surface area (Å²) >= 11 is 0. The zero-order chi connectivity index (χ0) is 22.3. The second kappa shape index (κ2) is 10.0. The van der Waals surface area contributed by atoms with Gasteiger partial charge in [-0.2, -0.15) is 0 Å². The van der Waals surface area contributed by atoms with Crippen LogP contribution < -0.4 is 10.1 Å². The van der Waals surface area contributed by atoms with E-state index in [1.807, 2.05) is 55.5 Å². The van der Waals surface area contributed by atoms with E-state index in [-0.39, 0.29) is 17.7 Å². The van der Waals surface area contributed by atoms with Crippen molar-refractivity contribution in [2.75, 3.05) is 6.61 Å². The lowest BCUT2D eigenvalue weighted by molar-refractivity contribution is 0.0909. The van der Waals surface area contributed by atoms with Gasteiger partial charge in [0.1, 0.15) is 11.6 Å². The molecule has 4 aromatic rings. The zero-order valence-electron chi connectivity index (χ0n) is 18.2. The number of furan rings is 1. The lowest BCUT2D eigenvalue weighted by Crippen LogP contribution is -2.28. The van der Waals surface area contributed by atoms with E-state index in [1.165, 1.54) is 6.26 Å². The third-order valence-corrected chi connectivity index (χ3v) is 5.28. The molecular weight excluding hydrogens is 402 g/mol. The van der Waals surface area contributed by atoms with E-state index in [0.29, 0.717) is 6.61 Å². The van der Waals surface area contributed by atoms with Crippen LogP contribution in [0.3, 0.4) is 0 Å². The number of carbonyl (C=O) groups is 1. The average Bonchev–Trinajstić information content (AvgIpc) is 3.46. The van der Waals surface area contributed by atoms with Gasteiger partial charge in [-0.1, -0.05) is 36.4 Å². The molecule has 32 heavy (non-hydrogen) atoms. The lowest BCUT2D eigenvalue weighted by atomic mass is 10.1. The SMILES string of the molecule is C=CCc1ccccc1OCCCn1c(C(C)NC(=O)c2ccco2)nc2ccccc21. The van der Waals surface area contributed by atoms with Gasteiger partial charge in [0, 0.05) is 6.54 Å². The Labute approximate surface area is 187 Å². The quantitative estimate of drug-likeness (QED) is 0.274. The summed E-state index contributed by atoms with van der Waals surface area (Å²) in [6, 6.07) is 19.1. The monoisotopic (exact) mass is 429 g/mol. The fourth-order valence-electron chi connectivity index (χ4n) is 3.77. The van der Waals surface area contributed by atoms with Crippen molar-refractivity contribution in [3.63, 3.8) is 0 Å². The lowest BCUT2D eigenvalue weighted by Gasteiger charge is -2.16. The van der Waals surface area contributed by atoms with Crippen molar-refractivity contribution < 1.29 is 13.9 Å². The van der Waals surface area contributed by atoms with Crippen molar-refractivity contribution in [3.05, 3.63) is 96.7 Å². The first kappa shape index (κ1) is 21.4. The number of allylic oxidation sites excluding steroid dienone is 1. The minimum atomic E-state index is -0.283. The minimum Gasteiger partial charge on any atom is -0.493 e. The number of nitrogens with one attached hydrogen (secondary N) is 1. The minimum absolute atomic E-state index is 0.261. The molecule has 0 radical (unpaired) electrons. The number of aryl methyl sites for hydroxylation is 1. The van der Waals surface area contributed by atoms with E-state index in [2.05, 4.69) is 22.5 Å². The molecule has 1 N–H and O–H groups in total. The summed E-state index contributed by atoms with van der Waals surface area (Å²) in [5.74, 6) is 1.72. The maximum Gasteiger partial charge on any atom is 0.287 e. The van der Waals surface area contributed by atoms with Crippen molar-refractivity contribution in [2.45, 2.75) is 32.4 Å². The molecule has 6 heteroatoms. The standard InChI is InChI=1S/C26H27N3O3/c1-3-10-20-11-4-7-14-23(20)31-18-9-16-29-22-13-6-5-12-21(22)28-25(29)19(2)27-26(30)24-15-8-17-32-24/h3-8,11-15,17,19H,1,9-10,16,18H2,2H3,(H,27,30). The van der Waals surface area contributed by atoms with Crippen LogP contribution in [-0.4, -0.2) is 22.1 Å². The molecule has 4 rings (SSSR count). The van der Waals surface area contributed by atoms with Gasteiger partial charge in [0.2, 0.25) is 0 Å². The average molecular weight is 430 g/mol. The van der Waals surface area contributed by atoms with E-state index in [1.54, 1.807) is 12.1 Å². The Morgan fingerprint density at radius 3 is 2.81 bits per heavy atom. The van der Waals surface area contributed by atoms with Crippen LogP contribution >= 0.6 is 0 Å². The van der Waals surface area contributed by atoms with Gasteiger partial charge in [0.15, 0.2) is 5.76 Å². The number of amides is 1. The Kier molecular flexibility index (Phi) is 6.70. The van der Waals surface area contributed by atoms with Gasteiger partial charge in [-0.3, -0.25) is 4.79 Å². The number of hydrogen-bond acceptors (Lipinski definition) is 4. The van der Waals surface area contributed by atoms with Gasteiger partial charge >= 0.3 is 0 Å². The number of hydrogen-bond donors (Lipinski definition) is 1. The maximum atomic E-state index is 12.4. The van der Waals surface area contributed by atoms with Crippen LogP contribution in [0.2, 0.25) is 0 Å². The molecule has 6 nitrogen and oxygen atoms in total. The molecule has 2 aromatic carbocycles. The highest BCUT2D eigenvalue weighted by Crippen LogP contribution is 2.23.